The molecule has 2 amide bonds. The molecule has 0 saturated carbocycles. The number of carbonyl (C=O) groups is 2. The molecule has 1 aliphatic heterocycles. The minimum absolute atomic E-state index is 0.102. The molecule has 0 bridgehead atoms. The molecule has 2 unspecified atom stereocenters. The van der Waals surface area contributed by atoms with E-state index < -0.39 is 6.04 Å². The molecule has 2 atom stereocenters. The molecule has 1 aliphatic rings. The summed E-state index contributed by atoms with van der Waals surface area (Å²) in [6.45, 7) is 2.60. The first-order valence-electron chi connectivity index (χ1n) is 7.22. The largest absolute Gasteiger partial charge is 0.451 e. The van der Waals surface area contributed by atoms with Crippen LogP contribution >= 0.6 is 0 Å². The summed E-state index contributed by atoms with van der Waals surface area (Å²) in [6, 6.07) is 2.80. The van der Waals surface area contributed by atoms with Gasteiger partial charge < -0.3 is 15.1 Å². The molecular weight excluding hydrogens is 284 g/mol. The second kappa shape index (κ2) is 5.67. The highest BCUT2D eigenvalue weighted by atomic mass is 16.4. The van der Waals surface area contributed by atoms with Gasteiger partial charge in [0.15, 0.2) is 5.76 Å². The summed E-state index contributed by atoms with van der Waals surface area (Å²) < 4.78 is 7.22. The van der Waals surface area contributed by atoms with Crippen LogP contribution in [0.2, 0.25) is 0 Å². The Morgan fingerprint density at radius 3 is 3.00 bits per heavy atom. The van der Waals surface area contributed by atoms with E-state index in [0.717, 1.165) is 12.0 Å². The average Bonchev–Trinajstić information content (AvgIpc) is 3.11. The Hall–Kier alpha value is -2.57. The first-order chi connectivity index (χ1) is 10.5. The molecule has 22 heavy (non-hydrogen) atoms. The van der Waals surface area contributed by atoms with Gasteiger partial charge in [-0.15, -0.1) is 0 Å². The van der Waals surface area contributed by atoms with Gasteiger partial charge in [0.05, 0.1) is 11.8 Å². The summed E-state index contributed by atoms with van der Waals surface area (Å²) in [7, 11) is 1.81. The zero-order chi connectivity index (χ0) is 15.7. The number of furan rings is 1. The summed E-state index contributed by atoms with van der Waals surface area (Å²) in [4.78, 5) is 24.1. The van der Waals surface area contributed by atoms with Crippen LogP contribution in [0.1, 0.15) is 23.9 Å². The number of hydrogen-bond donors (Lipinski definition) is 2. The smallest absolute Gasteiger partial charge is 0.287 e. The summed E-state index contributed by atoms with van der Waals surface area (Å²) in [5.74, 6) is 0.324. The van der Waals surface area contributed by atoms with Gasteiger partial charge >= 0.3 is 0 Å². The van der Waals surface area contributed by atoms with Gasteiger partial charge in [-0.2, -0.15) is 5.10 Å². The summed E-state index contributed by atoms with van der Waals surface area (Å²) in [6.07, 6.45) is 4.31. The van der Waals surface area contributed by atoms with Crippen molar-refractivity contribution in [2.45, 2.75) is 19.4 Å². The zero-order valence-corrected chi connectivity index (χ0v) is 12.5. The Bertz CT molecular complexity index is 703. The molecule has 0 aromatic carbocycles. The molecule has 0 aliphatic carbocycles. The first-order valence-corrected chi connectivity index (χ1v) is 7.22. The maximum Gasteiger partial charge on any atom is 0.287 e. The number of piperidine rings is 1. The third kappa shape index (κ3) is 2.74. The van der Waals surface area contributed by atoms with Crippen LogP contribution in [0.25, 0.3) is 11.3 Å². The van der Waals surface area contributed by atoms with Crippen LogP contribution in [0.5, 0.6) is 0 Å². The van der Waals surface area contributed by atoms with Crippen LogP contribution < -0.4 is 10.6 Å². The van der Waals surface area contributed by atoms with Crippen LogP contribution in [0.4, 0.5) is 0 Å². The Balaban J connectivity index is 1.73. The van der Waals surface area contributed by atoms with Gasteiger partial charge in [-0.25, -0.2) is 0 Å². The number of amides is 2. The standard InChI is InChI=1S/C15H18N4O3/c1-9-5-6-16-15(21)13(9)18-14(20)12-4-3-11(22-12)10-7-17-19(2)8-10/h3-4,7-9,13H,5-6H2,1-2H3,(H,16,21)(H,18,20). The lowest BCUT2D eigenvalue weighted by atomic mass is 9.94. The van der Waals surface area contributed by atoms with E-state index in [0.29, 0.717) is 12.3 Å². The zero-order valence-electron chi connectivity index (χ0n) is 12.5. The van der Waals surface area contributed by atoms with E-state index in [4.69, 9.17) is 4.42 Å². The summed E-state index contributed by atoms with van der Waals surface area (Å²) >= 11 is 0. The number of rotatable bonds is 3. The fraction of sp³-hybridized carbons (Fsp3) is 0.400. The second-order valence-electron chi connectivity index (χ2n) is 5.57. The third-order valence-corrected chi connectivity index (χ3v) is 3.86. The van der Waals surface area contributed by atoms with Crippen LogP contribution in [-0.4, -0.2) is 34.2 Å². The molecule has 3 heterocycles. The van der Waals surface area contributed by atoms with Gasteiger partial charge in [-0.3, -0.25) is 14.3 Å². The highest BCUT2D eigenvalue weighted by molar-refractivity contribution is 5.96. The van der Waals surface area contributed by atoms with E-state index in [1.807, 2.05) is 14.0 Å². The Morgan fingerprint density at radius 1 is 1.50 bits per heavy atom. The minimum Gasteiger partial charge on any atom is -0.451 e. The van der Waals surface area contributed by atoms with Crippen LogP contribution in [0, 0.1) is 5.92 Å². The number of hydrogen-bond acceptors (Lipinski definition) is 4. The van der Waals surface area contributed by atoms with Crippen molar-refractivity contribution in [2.75, 3.05) is 6.54 Å². The number of aryl methyl sites for hydroxylation is 1. The minimum atomic E-state index is -0.520. The molecule has 1 fully saturated rings. The van der Waals surface area contributed by atoms with Crippen LogP contribution in [0.3, 0.4) is 0 Å². The van der Waals surface area contributed by atoms with Crippen molar-refractivity contribution in [1.82, 2.24) is 20.4 Å². The summed E-state index contributed by atoms with van der Waals surface area (Å²) in [5.41, 5.74) is 0.797. The van der Waals surface area contributed by atoms with Gasteiger partial charge in [0.25, 0.3) is 5.91 Å². The van der Waals surface area contributed by atoms with E-state index in [2.05, 4.69) is 15.7 Å². The van der Waals surface area contributed by atoms with Gasteiger partial charge in [0.1, 0.15) is 11.8 Å². The van der Waals surface area contributed by atoms with Crippen molar-refractivity contribution in [3.63, 3.8) is 0 Å². The monoisotopic (exact) mass is 302 g/mol. The quantitative estimate of drug-likeness (QED) is 0.883. The molecule has 7 heteroatoms. The molecule has 2 aromatic rings. The Labute approximate surface area is 127 Å². The molecule has 7 nitrogen and oxygen atoms in total. The second-order valence-corrected chi connectivity index (χ2v) is 5.57. The normalized spacial score (nSPS) is 21.5. The molecule has 1 saturated heterocycles. The van der Waals surface area contributed by atoms with E-state index in [1.165, 1.54) is 0 Å². The highest BCUT2D eigenvalue weighted by Crippen LogP contribution is 2.22. The predicted octanol–water partition coefficient (Wildman–Crippen LogP) is 0.934. The van der Waals surface area contributed by atoms with Crippen LogP contribution in [-0.2, 0) is 11.8 Å². The van der Waals surface area contributed by atoms with Crippen molar-refractivity contribution in [1.29, 1.82) is 0 Å². The number of aromatic nitrogens is 2. The predicted molar refractivity (Wildman–Crippen MR) is 79.0 cm³/mol. The van der Waals surface area contributed by atoms with Gasteiger partial charge in [-0.05, 0) is 24.5 Å². The fourth-order valence-corrected chi connectivity index (χ4v) is 2.54. The van der Waals surface area contributed by atoms with Crippen molar-refractivity contribution in [3.8, 4) is 11.3 Å². The number of nitrogens with one attached hydrogen (secondary N) is 2. The molecule has 2 N–H and O–H groups in total. The number of carbonyl (C=O) groups excluding carboxylic acids is 2. The van der Waals surface area contributed by atoms with Crippen molar-refractivity contribution in [3.05, 3.63) is 30.3 Å². The maximum atomic E-state index is 12.2. The van der Waals surface area contributed by atoms with E-state index >= 15 is 0 Å². The van der Waals surface area contributed by atoms with E-state index in [-0.39, 0.29) is 23.5 Å². The topological polar surface area (TPSA) is 89.2 Å². The third-order valence-electron chi connectivity index (χ3n) is 3.86. The van der Waals surface area contributed by atoms with Gasteiger partial charge in [-0.1, -0.05) is 6.92 Å². The lowest BCUT2D eigenvalue weighted by molar-refractivity contribution is -0.125. The highest BCUT2D eigenvalue weighted by Gasteiger charge is 2.31. The lowest BCUT2D eigenvalue weighted by Crippen LogP contribution is -2.54. The molecule has 2 aromatic heterocycles. The van der Waals surface area contributed by atoms with Crippen LogP contribution in [0.15, 0.2) is 28.9 Å². The lowest BCUT2D eigenvalue weighted by Gasteiger charge is -2.28. The van der Waals surface area contributed by atoms with Crippen molar-refractivity contribution >= 4 is 11.8 Å². The average molecular weight is 302 g/mol. The SMILES string of the molecule is CC1CCNC(=O)C1NC(=O)c1ccc(-c2cnn(C)c2)o1. The fourth-order valence-electron chi connectivity index (χ4n) is 2.54. The van der Waals surface area contributed by atoms with Gasteiger partial charge in [0.2, 0.25) is 5.91 Å². The van der Waals surface area contributed by atoms with E-state index in [9.17, 15) is 9.59 Å². The first kappa shape index (κ1) is 14.4. The van der Waals surface area contributed by atoms with Crippen molar-refractivity contribution < 1.29 is 14.0 Å². The number of nitrogens with zero attached hydrogens (tertiary/aromatic N) is 2. The van der Waals surface area contributed by atoms with Crippen molar-refractivity contribution in [2.24, 2.45) is 13.0 Å². The Morgan fingerprint density at radius 2 is 2.32 bits per heavy atom. The van der Waals surface area contributed by atoms with Gasteiger partial charge in [0, 0.05) is 19.8 Å². The molecule has 0 radical (unpaired) electrons. The maximum absolute atomic E-state index is 12.2. The molecular formula is C15H18N4O3. The molecule has 3 rings (SSSR count). The Kier molecular flexibility index (Phi) is 3.70. The summed E-state index contributed by atoms with van der Waals surface area (Å²) in [5, 5.41) is 9.56. The van der Waals surface area contributed by atoms with E-state index in [1.54, 1.807) is 29.2 Å². The molecule has 0 spiro atoms. The molecule has 116 valence electrons.